The molecule has 116 valence electrons. The predicted octanol–water partition coefficient (Wildman–Crippen LogP) is 3.17. The topological polar surface area (TPSA) is 41.6 Å². The Balaban J connectivity index is 1.85. The molecular weight excluding hydrogens is 264 g/mol. The number of ether oxygens (including phenoxy) is 1. The van der Waals surface area contributed by atoms with E-state index in [4.69, 9.17) is 4.74 Å². The summed E-state index contributed by atoms with van der Waals surface area (Å²) in [5.41, 5.74) is 0.861. The highest BCUT2D eigenvalue weighted by Crippen LogP contribution is 2.20. The minimum Gasteiger partial charge on any atom is -0.444 e. The van der Waals surface area contributed by atoms with Crippen LogP contribution in [-0.2, 0) is 11.3 Å². The highest BCUT2D eigenvalue weighted by molar-refractivity contribution is 5.68. The molecule has 1 aromatic rings. The molecule has 0 saturated carbocycles. The van der Waals surface area contributed by atoms with Crippen LogP contribution in [0.4, 0.5) is 4.79 Å². The number of amides is 1. The molecule has 1 aromatic carbocycles. The first-order valence-electron chi connectivity index (χ1n) is 7.61. The van der Waals surface area contributed by atoms with Crippen LogP contribution < -0.4 is 5.32 Å². The van der Waals surface area contributed by atoms with Crippen LogP contribution in [0.3, 0.4) is 0 Å². The van der Waals surface area contributed by atoms with Gasteiger partial charge < -0.3 is 10.1 Å². The molecule has 1 heterocycles. The van der Waals surface area contributed by atoms with Gasteiger partial charge in [-0.1, -0.05) is 30.3 Å². The molecule has 21 heavy (non-hydrogen) atoms. The van der Waals surface area contributed by atoms with Gasteiger partial charge in [-0.2, -0.15) is 0 Å². The fourth-order valence-electron chi connectivity index (χ4n) is 2.72. The Morgan fingerprint density at radius 2 is 2.00 bits per heavy atom. The van der Waals surface area contributed by atoms with Crippen LogP contribution in [0, 0.1) is 0 Å². The number of rotatable bonds is 3. The highest BCUT2D eigenvalue weighted by Gasteiger charge is 2.31. The second kappa shape index (κ2) is 6.48. The normalized spacial score (nSPS) is 23.0. The lowest BCUT2D eigenvalue weighted by Gasteiger charge is -2.22. The predicted molar refractivity (Wildman–Crippen MR) is 84.1 cm³/mol. The maximum Gasteiger partial charge on any atom is 0.407 e. The van der Waals surface area contributed by atoms with Crippen molar-refractivity contribution in [3.8, 4) is 0 Å². The molecule has 2 rings (SSSR count). The molecule has 1 N–H and O–H groups in total. The van der Waals surface area contributed by atoms with Gasteiger partial charge in [0.05, 0.1) is 0 Å². The van der Waals surface area contributed by atoms with E-state index in [1.807, 2.05) is 26.8 Å². The Morgan fingerprint density at radius 1 is 1.33 bits per heavy atom. The molecule has 4 nitrogen and oxygen atoms in total. The third kappa shape index (κ3) is 5.05. The van der Waals surface area contributed by atoms with Crippen LogP contribution in [0.5, 0.6) is 0 Å². The summed E-state index contributed by atoms with van der Waals surface area (Å²) >= 11 is 0. The zero-order valence-corrected chi connectivity index (χ0v) is 13.4. The molecule has 4 heteroatoms. The second-order valence-electron chi connectivity index (χ2n) is 6.84. The van der Waals surface area contributed by atoms with Crippen molar-refractivity contribution in [2.75, 3.05) is 6.54 Å². The largest absolute Gasteiger partial charge is 0.444 e. The van der Waals surface area contributed by atoms with E-state index in [-0.39, 0.29) is 12.1 Å². The molecular formula is C17H26N2O2. The van der Waals surface area contributed by atoms with Gasteiger partial charge in [-0.3, -0.25) is 4.90 Å². The third-order valence-corrected chi connectivity index (χ3v) is 3.65. The number of carbonyl (C=O) groups is 1. The van der Waals surface area contributed by atoms with E-state index in [0.29, 0.717) is 6.04 Å². The molecule has 1 saturated heterocycles. The van der Waals surface area contributed by atoms with Crippen LogP contribution in [0.2, 0.25) is 0 Å². The van der Waals surface area contributed by atoms with Gasteiger partial charge in [-0.25, -0.2) is 4.79 Å². The van der Waals surface area contributed by atoms with Crippen LogP contribution in [0.15, 0.2) is 30.3 Å². The van der Waals surface area contributed by atoms with Gasteiger partial charge in [0.2, 0.25) is 0 Å². The van der Waals surface area contributed by atoms with E-state index in [9.17, 15) is 4.79 Å². The van der Waals surface area contributed by atoms with Crippen molar-refractivity contribution in [2.45, 2.75) is 58.3 Å². The van der Waals surface area contributed by atoms with E-state index < -0.39 is 5.60 Å². The van der Waals surface area contributed by atoms with Gasteiger partial charge in [0.25, 0.3) is 0 Å². The van der Waals surface area contributed by atoms with Crippen molar-refractivity contribution in [1.82, 2.24) is 10.2 Å². The lowest BCUT2D eigenvalue weighted by molar-refractivity contribution is 0.0506. The minimum absolute atomic E-state index is 0.165. The molecule has 1 fully saturated rings. The first kappa shape index (κ1) is 15.8. The van der Waals surface area contributed by atoms with Crippen molar-refractivity contribution in [2.24, 2.45) is 0 Å². The Labute approximate surface area is 127 Å². The van der Waals surface area contributed by atoms with E-state index >= 15 is 0 Å². The molecule has 1 aliphatic heterocycles. The van der Waals surface area contributed by atoms with E-state index in [0.717, 1.165) is 19.5 Å². The Kier molecular flexibility index (Phi) is 4.88. The average Bonchev–Trinajstić information content (AvgIpc) is 2.68. The lowest BCUT2D eigenvalue weighted by Crippen LogP contribution is -2.40. The fraction of sp³-hybridized carbons (Fsp3) is 0.588. The van der Waals surface area contributed by atoms with E-state index in [1.54, 1.807) is 0 Å². The monoisotopic (exact) mass is 290 g/mol. The minimum atomic E-state index is -0.446. The zero-order valence-electron chi connectivity index (χ0n) is 13.4. The van der Waals surface area contributed by atoms with Gasteiger partial charge >= 0.3 is 6.09 Å². The Hall–Kier alpha value is -1.55. The molecule has 0 bridgehead atoms. The number of hydrogen-bond donors (Lipinski definition) is 1. The maximum absolute atomic E-state index is 11.8. The van der Waals surface area contributed by atoms with Crippen molar-refractivity contribution < 1.29 is 9.53 Å². The standard InChI is InChI=1S/C17H26N2O2/c1-13-10-15(18-16(20)21-17(2,3)4)12-19(13)11-14-8-6-5-7-9-14/h5-9,13,15H,10-12H2,1-4H3,(H,18,20)/t13?,15-/m0/s1. The number of carbonyl (C=O) groups excluding carboxylic acids is 1. The zero-order chi connectivity index (χ0) is 15.5. The van der Waals surface area contributed by atoms with Gasteiger partial charge in [0.1, 0.15) is 5.60 Å². The van der Waals surface area contributed by atoms with Crippen molar-refractivity contribution in [3.05, 3.63) is 35.9 Å². The number of nitrogens with one attached hydrogen (secondary N) is 1. The van der Waals surface area contributed by atoms with Crippen LogP contribution >= 0.6 is 0 Å². The van der Waals surface area contributed by atoms with Crippen molar-refractivity contribution in [1.29, 1.82) is 0 Å². The molecule has 2 atom stereocenters. The van der Waals surface area contributed by atoms with Gasteiger partial charge in [0, 0.05) is 25.2 Å². The smallest absolute Gasteiger partial charge is 0.407 e. The summed E-state index contributed by atoms with van der Waals surface area (Å²) in [6.07, 6.45) is 0.646. The molecule has 0 aliphatic carbocycles. The van der Waals surface area contributed by atoms with Gasteiger partial charge in [-0.05, 0) is 39.7 Å². The lowest BCUT2D eigenvalue weighted by atomic mass is 10.2. The summed E-state index contributed by atoms with van der Waals surface area (Å²) in [4.78, 5) is 14.2. The molecule has 0 radical (unpaired) electrons. The number of hydrogen-bond acceptors (Lipinski definition) is 3. The Morgan fingerprint density at radius 3 is 2.62 bits per heavy atom. The molecule has 1 amide bonds. The average molecular weight is 290 g/mol. The van der Waals surface area contributed by atoms with Crippen molar-refractivity contribution in [3.63, 3.8) is 0 Å². The number of likely N-dealkylation sites (tertiary alicyclic amines) is 1. The summed E-state index contributed by atoms with van der Waals surface area (Å²) in [6, 6.07) is 11.1. The molecule has 1 unspecified atom stereocenters. The number of alkyl carbamates (subject to hydrolysis) is 1. The van der Waals surface area contributed by atoms with E-state index in [2.05, 4.69) is 41.4 Å². The van der Waals surface area contributed by atoms with Crippen LogP contribution in [0.25, 0.3) is 0 Å². The molecule has 0 spiro atoms. The maximum atomic E-state index is 11.8. The molecule has 1 aliphatic rings. The Bertz CT molecular complexity index is 467. The summed E-state index contributed by atoms with van der Waals surface area (Å²) in [5.74, 6) is 0. The first-order valence-corrected chi connectivity index (χ1v) is 7.61. The summed E-state index contributed by atoms with van der Waals surface area (Å²) in [6.45, 7) is 9.65. The van der Waals surface area contributed by atoms with E-state index in [1.165, 1.54) is 5.56 Å². The summed E-state index contributed by atoms with van der Waals surface area (Å²) < 4.78 is 5.32. The number of nitrogens with zero attached hydrogens (tertiary/aromatic N) is 1. The highest BCUT2D eigenvalue weighted by atomic mass is 16.6. The quantitative estimate of drug-likeness (QED) is 0.929. The SMILES string of the molecule is CC1C[C@H](NC(=O)OC(C)(C)C)CN1Cc1ccccc1. The van der Waals surface area contributed by atoms with Crippen LogP contribution in [0.1, 0.15) is 39.7 Å². The molecule has 0 aromatic heterocycles. The summed E-state index contributed by atoms with van der Waals surface area (Å²) in [5, 5.41) is 2.98. The second-order valence-corrected chi connectivity index (χ2v) is 6.84. The number of benzene rings is 1. The fourth-order valence-corrected chi connectivity index (χ4v) is 2.72. The van der Waals surface area contributed by atoms with Gasteiger partial charge in [-0.15, -0.1) is 0 Å². The summed E-state index contributed by atoms with van der Waals surface area (Å²) in [7, 11) is 0. The van der Waals surface area contributed by atoms with Crippen LogP contribution in [-0.4, -0.2) is 35.2 Å². The van der Waals surface area contributed by atoms with Gasteiger partial charge in [0.15, 0.2) is 0 Å². The van der Waals surface area contributed by atoms with Crippen molar-refractivity contribution >= 4 is 6.09 Å². The first-order chi connectivity index (χ1) is 9.83. The third-order valence-electron chi connectivity index (χ3n) is 3.65.